The van der Waals surface area contributed by atoms with E-state index in [1.165, 1.54) is 0 Å². The fourth-order valence-corrected chi connectivity index (χ4v) is 1.69. The molecule has 0 fully saturated rings. The third-order valence-corrected chi connectivity index (χ3v) is 2.45. The molecule has 1 rings (SSSR count). The summed E-state index contributed by atoms with van der Waals surface area (Å²) in [6.45, 7) is 2.07. The van der Waals surface area contributed by atoms with Crippen LogP contribution in [0.3, 0.4) is 0 Å². The maximum Gasteiger partial charge on any atom is 0.307 e. The number of hydrogen-bond acceptors (Lipinski definition) is 4. The molecule has 0 amide bonds. The van der Waals surface area contributed by atoms with Crippen LogP contribution in [0.15, 0.2) is 12.1 Å². The summed E-state index contributed by atoms with van der Waals surface area (Å²) in [6.07, 6.45) is 0.0663. The summed E-state index contributed by atoms with van der Waals surface area (Å²) in [7, 11) is 0. The summed E-state index contributed by atoms with van der Waals surface area (Å²) in [6, 6.07) is 2.70. The molecule has 1 aromatic heterocycles. The van der Waals surface area contributed by atoms with Crippen molar-refractivity contribution in [2.24, 2.45) is 5.73 Å². The first-order chi connectivity index (χ1) is 7.54. The molecule has 0 saturated carbocycles. The van der Waals surface area contributed by atoms with Crippen LogP contribution in [-0.2, 0) is 9.53 Å². The van der Waals surface area contributed by atoms with Crippen molar-refractivity contribution >= 4 is 41.6 Å². The number of aromatic nitrogens is 1. The first kappa shape index (κ1) is 16.4. The van der Waals surface area contributed by atoms with Gasteiger partial charge in [0.2, 0.25) is 0 Å². The van der Waals surface area contributed by atoms with E-state index in [0.717, 1.165) is 0 Å². The Morgan fingerprint density at radius 2 is 2.18 bits per heavy atom. The molecule has 2 N–H and O–H groups in total. The van der Waals surface area contributed by atoms with E-state index in [0.29, 0.717) is 12.2 Å². The number of carbonyl (C=O) groups excluding carboxylic acids is 1. The standard InChI is InChI=1S/C10H12Cl2N2O2.ClH/c1-2-16-9(15)5-7(13)6-3-4-8(11)14-10(6)12;/h3-4,7H,2,5,13H2,1H3;1H/t7-;/m0./s1. The number of nitrogens with zero attached hydrogens (tertiary/aromatic N) is 1. The van der Waals surface area contributed by atoms with Gasteiger partial charge in [-0.3, -0.25) is 4.79 Å². The molecule has 1 aromatic rings. The average molecular weight is 300 g/mol. The predicted octanol–water partition coefficient (Wildman–Crippen LogP) is 2.76. The second kappa shape index (κ2) is 7.71. The summed E-state index contributed by atoms with van der Waals surface area (Å²) < 4.78 is 4.79. The zero-order valence-corrected chi connectivity index (χ0v) is 11.5. The Bertz CT molecular complexity index is 388. The molecular weight excluding hydrogens is 286 g/mol. The Kier molecular flexibility index (Phi) is 7.46. The minimum absolute atomic E-state index is 0. The Labute approximate surface area is 116 Å². The van der Waals surface area contributed by atoms with Gasteiger partial charge in [-0.1, -0.05) is 29.3 Å². The topological polar surface area (TPSA) is 65.2 Å². The van der Waals surface area contributed by atoms with E-state index in [2.05, 4.69) is 4.98 Å². The molecule has 17 heavy (non-hydrogen) atoms. The molecule has 0 saturated heterocycles. The van der Waals surface area contributed by atoms with Crippen molar-refractivity contribution in [3.8, 4) is 0 Å². The van der Waals surface area contributed by atoms with Crippen molar-refractivity contribution in [3.05, 3.63) is 28.0 Å². The van der Waals surface area contributed by atoms with E-state index in [4.69, 9.17) is 33.7 Å². The summed E-state index contributed by atoms with van der Waals surface area (Å²) >= 11 is 11.5. The fraction of sp³-hybridized carbons (Fsp3) is 0.400. The van der Waals surface area contributed by atoms with Crippen LogP contribution in [0.4, 0.5) is 0 Å². The lowest BCUT2D eigenvalue weighted by molar-refractivity contribution is -0.143. The first-order valence-corrected chi connectivity index (χ1v) is 5.53. The maximum absolute atomic E-state index is 11.2. The number of pyridine rings is 1. The largest absolute Gasteiger partial charge is 0.466 e. The van der Waals surface area contributed by atoms with Gasteiger partial charge in [0, 0.05) is 11.6 Å². The highest BCUT2D eigenvalue weighted by atomic mass is 35.5. The SMILES string of the molecule is CCOC(=O)C[C@H](N)c1ccc(Cl)nc1Cl.Cl. The Balaban J connectivity index is 0.00000256. The van der Waals surface area contributed by atoms with Crippen LogP contribution in [0.1, 0.15) is 24.9 Å². The second-order valence-corrected chi connectivity index (χ2v) is 3.87. The summed E-state index contributed by atoms with van der Waals surface area (Å²) in [4.78, 5) is 15.1. The van der Waals surface area contributed by atoms with Gasteiger partial charge in [0.15, 0.2) is 0 Å². The average Bonchev–Trinajstić information content (AvgIpc) is 2.17. The van der Waals surface area contributed by atoms with Crippen LogP contribution in [0.25, 0.3) is 0 Å². The lowest BCUT2D eigenvalue weighted by Crippen LogP contribution is -2.17. The number of rotatable bonds is 4. The van der Waals surface area contributed by atoms with Crippen molar-refractivity contribution < 1.29 is 9.53 Å². The number of hydrogen-bond donors (Lipinski definition) is 1. The predicted molar refractivity (Wildman–Crippen MR) is 69.7 cm³/mol. The van der Waals surface area contributed by atoms with Crippen LogP contribution >= 0.6 is 35.6 Å². The van der Waals surface area contributed by atoms with Gasteiger partial charge in [0.1, 0.15) is 10.3 Å². The lowest BCUT2D eigenvalue weighted by atomic mass is 10.1. The molecule has 0 radical (unpaired) electrons. The van der Waals surface area contributed by atoms with Crippen molar-refractivity contribution in [2.45, 2.75) is 19.4 Å². The zero-order valence-electron chi connectivity index (χ0n) is 9.15. The molecule has 0 spiro atoms. The number of carbonyl (C=O) groups is 1. The summed E-state index contributed by atoms with van der Waals surface area (Å²) in [5, 5.41) is 0.501. The van der Waals surface area contributed by atoms with E-state index in [9.17, 15) is 4.79 Å². The number of nitrogens with two attached hydrogens (primary N) is 1. The number of halogens is 3. The quantitative estimate of drug-likeness (QED) is 0.686. The van der Waals surface area contributed by atoms with Gasteiger partial charge in [-0.15, -0.1) is 12.4 Å². The Hall–Kier alpha value is -0.550. The van der Waals surface area contributed by atoms with E-state index in [1.807, 2.05) is 0 Å². The van der Waals surface area contributed by atoms with Gasteiger partial charge in [0.25, 0.3) is 0 Å². The molecule has 1 heterocycles. The lowest BCUT2D eigenvalue weighted by Gasteiger charge is -2.12. The highest BCUT2D eigenvalue weighted by Crippen LogP contribution is 2.23. The zero-order chi connectivity index (χ0) is 12.1. The van der Waals surface area contributed by atoms with Crippen LogP contribution < -0.4 is 5.73 Å². The van der Waals surface area contributed by atoms with Crippen LogP contribution in [0, 0.1) is 0 Å². The normalized spacial score (nSPS) is 11.5. The molecule has 0 aliphatic carbocycles. The van der Waals surface area contributed by atoms with E-state index in [-0.39, 0.29) is 35.1 Å². The molecular formula is C10H13Cl3N2O2. The maximum atomic E-state index is 11.2. The third kappa shape index (κ3) is 5.08. The second-order valence-electron chi connectivity index (χ2n) is 3.13. The molecule has 7 heteroatoms. The molecule has 0 aliphatic heterocycles. The smallest absolute Gasteiger partial charge is 0.307 e. The Morgan fingerprint density at radius 3 is 2.71 bits per heavy atom. The van der Waals surface area contributed by atoms with Crippen LogP contribution in [-0.4, -0.2) is 17.6 Å². The molecule has 0 bridgehead atoms. The molecule has 96 valence electrons. The molecule has 0 aliphatic rings. The number of esters is 1. The summed E-state index contributed by atoms with van der Waals surface area (Å²) in [5.41, 5.74) is 6.39. The molecule has 4 nitrogen and oxygen atoms in total. The Morgan fingerprint density at radius 1 is 1.53 bits per heavy atom. The fourth-order valence-electron chi connectivity index (χ4n) is 1.21. The minimum Gasteiger partial charge on any atom is -0.466 e. The van der Waals surface area contributed by atoms with Crippen molar-refractivity contribution in [1.29, 1.82) is 0 Å². The van der Waals surface area contributed by atoms with Gasteiger partial charge in [0.05, 0.1) is 13.0 Å². The van der Waals surface area contributed by atoms with Gasteiger partial charge in [-0.25, -0.2) is 4.98 Å². The monoisotopic (exact) mass is 298 g/mol. The van der Waals surface area contributed by atoms with E-state index >= 15 is 0 Å². The van der Waals surface area contributed by atoms with E-state index < -0.39 is 6.04 Å². The van der Waals surface area contributed by atoms with Crippen molar-refractivity contribution in [3.63, 3.8) is 0 Å². The van der Waals surface area contributed by atoms with Gasteiger partial charge < -0.3 is 10.5 Å². The van der Waals surface area contributed by atoms with Gasteiger partial charge in [-0.2, -0.15) is 0 Å². The van der Waals surface area contributed by atoms with Crippen molar-refractivity contribution in [2.75, 3.05) is 6.61 Å². The van der Waals surface area contributed by atoms with E-state index in [1.54, 1.807) is 19.1 Å². The van der Waals surface area contributed by atoms with Gasteiger partial charge >= 0.3 is 5.97 Å². The highest BCUT2D eigenvalue weighted by Gasteiger charge is 2.16. The highest BCUT2D eigenvalue weighted by molar-refractivity contribution is 6.32. The third-order valence-electron chi connectivity index (χ3n) is 1.93. The minimum atomic E-state index is -0.531. The molecule has 0 aromatic carbocycles. The summed E-state index contributed by atoms with van der Waals surface area (Å²) in [5.74, 6) is -0.360. The van der Waals surface area contributed by atoms with Crippen LogP contribution in [0.5, 0.6) is 0 Å². The number of ether oxygens (including phenoxy) is 1. The van der Waals surface area contributed by atoms with Crippen LogP contribution in [0.2, 0.25) is 10.3 Å². The van der Waals surface area contributed by atoms with Crippen molar-refractivity contribution in [1.82, 2.24) is 4.98 Å². The molecule has 0 unspecified atom stereocenters. The molecule has 1 atom stereocenters. The van der Waals surface area contributed by atoms with Gasteiger partial charge in [-0.05, 0) is 13.0 Å². The first-order valence-electron chi connectivity index (χ1n) is 4.77.